The van der Waals surface area contributed by atoms with Gasteiger partial charge in [-0.15, -0.1) is 21.5 Å². The van der Waals surface area contributed by atoms with Crippen LogP contribution in [-0.2, 0) is 17.8 Å². The molecular weight excluding hydrogens is 373 g/mol. The average molecular weight is 394 g/mol. The van der Waals surface area contributed by atoms with Crippen molar-refractivity contribution >= 4 is 43.8 Å². The van der Waals surface area contributed by atoms with Crippen LogP contribution in [0, 0.1) is 5.82 Å². The summed E-state index contributed by atoms with van der Waals surface area (Å²) in [6.07, 6.45) is 4.22. The summed E-state index contributed by atoms with van der Waals surface area (Å²) in [5.74, 6) is -0.659. The summed E-state index contributed by atoms with van der Waals surface area (Å²) in [5.41, 5.74) is 0.566. The molecular formula is C18H20FN3O2S2. The van der Waals surface area contributed by atoms with E-state index in [9.17, 15) is 9.18 Å². The lowest BCUT2D eigenvalue weighted by atomic mass is 10.1. The van der Waals surface area contributed by atoms with Crippen LogP contribution in [0.3, 0.4) is 0 Å². The number of nitrogens with zero attached hydrogens (tertiary/aromatic N) is 2. The first-order valence-corrected chi connectivity index (χ1v) is 10.1. The molecule has 8 heteroatoms. The summed E-state index contributed by atoms with van der Waals surface area (Å²) >= 11 is 2.63. The van der Waals surface area contributed by atoms with Crippen LogP contribution in [0.25, 0.3) is 10.1 Å². The monoisotopic (exact) mass is 393 g/mol. The zero-order chi connectivity index (χ0) is 18.5. The molecule has 2 heterocycles. The molecule has 26 heavy (non-hydrogen) atoms. The maximum absolute atomic E-state index is 14.2. The largest absolute Gasteiger partial charge is 0.380 e. The number of hydrogen-bond donors (Lipinski definition) is 1. The lowest BCUT2D eigenvalue weighted by molar-refractivity contribution is 0.102. The fraction of sp³-hybridized carbons (Fsp3) is 0.389. The molecule has 3 aromatic rings. The highest BCUT2D eigenvalue weighted by atomic mass is 32.1. The van der Waals surface area contributed by atoms with Crippen molar-refractivity contribution in [1.29, 1.82) is 0 Å². The number of fused-ring (bicyclic) bond motifs is 1. The van der Waals surface area contributed by atoms with E-state index in [4.69, 9.17) is 4.74 Å². The molecule has 138 valence electrons. The first-order valence-electron chi connectivity index (χ1n) is 8.46. The van der Waals surface area contributed by atoms with E-state index in [2.05, 4.69) is 22.4 Å². The molecule has 0 spiro atoms. The Hall–Kier alpha value is -1.90. The number of amides is 1. The second-order valence-electron chi connectivity index (χ2n) is 5.87. The van der Waals surface area contributed by atoms with Gasteiger partial charge in [-0.05, 0) is 18.6 Å². The second kappa shape index (κ2) is 8.66. The number of aromatic nitrogens is 2. The van der Waals surface area contributed by atoms with E-state index in [0.717, 1.165) is 35.4 Å². The van der Waals surface area contributed by atoms with Gasteiger partial charge < -0.3 is 4.74 Å². The van der Waals surface area contributed by atoms with E-state index >= 15 is 0 Å². The first kappa shape index (κ1) is 18.9. The normalized spacial score (nSPS) is 11.2. The summed E-state index contributed by atoms with van der Waals surface area (Å²) in [7, 11) is 1.53. The molecule has 0 saturated carbocycles. The number of carbonyl (C=O) groups is 1. The smallest absolute Gasteiger partial charge is 0.267 e. The maximum Gasteiger partial charge on any atom is 0.267 e. The Kier molecular flexibility index (Phi) is 6.29. The molecule has 0 aliphatic carbocycles. The van der Waals surface area contributed by atoms with E-state index in [-0.39, 0.29) is 18.3 Å². The number of anilines is 1. The Morgan fingerprint density at radius 2 is 2.12 bits per heavy atom. The average Bonchev–Trinajstić information content (AvgIpc) is 3.21. The Balaban J connectivity index is 1.81. The summed E-state index contributed by atoms with van der Waals surface area (Å²) in [5, 5.41) is 12.8. The molecule has 1 N–H and O–H groups in total. The highest BCUT2D eigenvalue weighted by molar-refractivity contribution is 7.21. The highest BCUT2D eigenvalue weighted by Crippen LogP contribution is 2.34. The molecule has 0 fully saturated rings. The van der Waals surface area contributed by atoms with Crippen LogP contribution >= 0.6 is 22.7 Å². The molecule has 0 aliphatic heterocycles. The summed E-state index contributed by atoms with van der Waals surface area (Å²) in [4.78, 5) is 13.2. The Morgan fingerprint density at radius 3 is 2.88 bits per heavy atom. The van der Waals surface area contributed by atoms with Crippen LogP contribution in [0.15, 0.2) is 18.2 Å². The van der Waals surface area contributed by atoms with Gasteiger partial charge in [-0.2, -0.15) is 0 Å². The molecule has 5 nitrogen and oxygen atoms in total. The number of methoxy groups -OCH3 is 1. The molecule has 0 bridgehead atoms. The molecule has 0 radical (unpaired) electrons. The highest BCUT2D eigenvalue weighted by Gasteiger charge is 2.21. The molecule has 2 aromatic heterocycles. The zero-order valence-corrected chi connectivity index (χ0v) is 16.3. The lowest BCUT2D eigenvalue weighted by Crippen LogP contribution is -2.12. The van der Waals surface area contributed by atoms with Gasteiger partial charge in [-0.25, -0.2) is 4.39 Å². The van der Waals surface area contributed by atoms with Gasteiger partial charge in [-0.1, -0.05) is 37.2 Å². The molecule has 0 saturated heterocycles. The SMILES string of the molecule is CCCCCc1nnc(NC(=O)c2sc3cccc(F)c3c2COC)s1. The molecule has 0 aliphatic rings. The minimum absolute atomic E-state index is 0.169. The number of thiophene rings is 1. The lowest BCUT2D eigenvalue weighted by Gasteiger charge is -2.04. The first-order chi connectivity index (χ1) is 12.6. The summed E-state index contributed by atoms with van der Waals surface area (Å²) < 4.78 is 20.1. The van der Waals surface area contributed by atoms with Gasteiger partial charge in [-0.3, -0.25) is 10.1 Å². The third-order valence-electron chi connectivity index (χ3n) is 3.94. The molecule has 1 aromatic carbocycles. The van der Waals surface area contributed by atoms with Gasteiger partial charge in [0.1, 0.15) is 10.8 Å². The third kappa shape index (κ3) is 4.08. The minimum Gasteiger partial charge on any atom is -0.380 e. The fourth-order valence-corrected chi connectivity index (χ4v) is 4.61. The van der Waals surface area contributed by atoms with Gasteiger partial charge in [0, 0.05) is 29.2 Å². The van der Waals surface area contributed by atoms with Gasteiger partial charge >= 0.3 is 0 Å². The van der Waals surface area contributed by atoms with Crippen molar-refractivity contribution in [3.8, 4) is 0 Å². The van der Waals surface area contributed by atoms with Crippen LogP contribution in [0.2, 0.25) is 0 Å². The van der Waals surface area contributed by atoms with E-state index in [1.165, 1.54) is 35.8 Å². The minimum atomic E-state index is -0.348. The molecule has 0 unspecified atom stereocenters. The van der Waals surface area contributed by atoms with Gasteiger partial charge in [0.2, 0.25) is 5.13 Å². The Morgan fingerprint density at radius 1 is 1.27 bits per heavy atom. The Labute approximate surface area is 159 Å². The van der Waals surface area contributed by atoms with Crippen molar-refractivity contribution in [2.24, 2.45) is 0 Å². The number of halogens is 1. The zero-order valence-electron chi connectivity index (χ0n) is 14.7. The number of rotatable bonds is 8. The molecule has 1 amide bonds. The summed E-state index contributed by atoms with van der Waals surface area (Å²) in [6, 6.07) is 4.83. The van der Waals surface area contributed by atoms with E-state index in [0.29, 0.717) is 21.0 Å². The van der Waals surface area contributed by atoms with Crippen LogP contribution in [0.4, 0.5) is 9.52 Å². The van der Waals surface area contributed by atoms with E-state index < -0.39 is 0 Å². The number of benzene rings is 1. The number of aryl methyl sites for hydroxylation is 1. The summed E-state index contributed by atoms with van der Waals surface area (Å²) in [6.45, 7) is 2.32. The number of carbonyl (C=O) groups excluding carboxylic acids is 1. The Bertz CT molecular complexity index is 907. The molecule has 3 rings (SSSR count). The topological polar surface area (TPSA) is 64.1 Å². The van der Waals surface area contributed by atoms with Crippen molar-refractivity contribution in [1.82, 2.24) is 10.2 Å². The quantitative estimate of drug-likeness (QED) is 0.546. The standard InChI is InChI=1S/C18H20FN3O2S2/c1-3-4-5-9-14-21-22-18(26-14)20-17(23)16-11(10-24-2)15-12(19)7-6-8-13(15)25-16/h6-8H,3-5,9-10H2,1-2H3,(H,20,22,23). The number of ether oxygens (including phenoxy) is 1. The van der Waals surface area contributed by atoms with E-state index in [1.807, 2.05) is 0 Å². The van der Waals surface area contributed by atoms with E-state index in [1.54, 1.807) is 12.1 Å². The van der Waals surface area contributed by atoms with Crippen molar-refractivity contribution < 1.29 is 13.9 Å². The number of nitrogens with one attached hydrogen (secondary N) is 1. The van der Waals surface area contributed by atoms with Crippen LogP contribution in [0.1, 0.15) is 46.4 Å². The predicted octanol–water partition coefficient (Wildman–Crippen LogP) is 5.02. The molecule has 0 atom stereocenters. The van der Waals surface area contributed by atoms with Crippen LogP contribution in [-0.4, -0.2) is 23.2 Å². The second-order valence-corrected chi connectivity index (χ2v) is 7.98. The van der Waals surface area contributed by atoms with Crippen molar-refractivity contribution in [2.45, 2.75) is 39.2 Å². The number of hydrogen-bond acceptors (Lipinski definition) is 6. The van der Waals surface area contributed by atoms with Crippen molar-refractivity contribution in [3.63, 3.8) is 0 Å². The van der Waals surface area contributed by atoms with Crippen LogP contribution in [0.5, 0.6) is 0 Å². The van der Waals surface area contributed by atoms with Crippen molar-refractivity contribution in [2.75, 3.05) is 12.4 Å². The van der Waals surface area contributed by atoms with Crippen molar-refractivity contribution in [3.05, 3.63) is 39.5 Å². The van der Waals surface area contributed by atoms with Gasteiger partial charge in [0.05, 0.1) is 11.5 Å². The predicted molar refractivity (Wildman–Crippen MR) is 104 cm³/mol. The van der Waals surface area contributed by atoms with Gasteiger partial charge in [0.15, 0.2) is 0 Å². The van der Waals surface area contributed by atoms with Gasteiger partial charge in [0.25, 0.3) is 5.91 Å². The maximum atomic E-state index is 14.2. The third-order valence-corrected chi connectivity index (χ3v) is 6.03. The number of unbranched alkanes of at least 4 members (excludes halogenated alkanes) is 2. The fourth-order valence-electron chi connectivity index (χ4n) is 2.72. The van der Waals surface area contributed by atoms with Crippen LogP contribution < -0.4 is 5.32 Å².